The summed E-state index contributed by atoms with van der Waals surface area (Å²) in [6.45, 7) is 8.36. The molecule has 0 aromatic heterocycles. The lowest BCUT2D eigenvalue weighted by Gasteiger charge is -2.32. The van der Waals surface area contributed by atoms with E-state index in [9.17, 15) is 0 Å². The molecule has 1 saturated heterocycles. The van der Waals surface area contributed by atoms with Gasteiger partial charge in [0.15, 0.2) is 5.96 Å². The summed E-state index contributed by atoms with van der Waals surface area (Å²) in [7, 11) is 0. The quantitative estimate of drug-likeness (QED) is 0.455. The van der Waals surface area contributed by atoms with Crippen LogP contribution in [0.25, 0.3) is 0 Å². The van der Waals surface area contributed by atoms with Gasteiger partial charge in [-0.2, -0.15) is 0 Å². The number of ether oxygens (including phenoxy) is 1. The zero-order valence-electron chi connectivity index (χ0n) is 13.6. The highest BCUT2D eigenvalue weighted by molar-refractivity contribution is 14.0. The average molecular weight is 417 g/mol. The van der Waals surface area contributed by atoms with Crippen molar-refractivity contribution in [3.63, 3.8) is 0 Å². The lowest BCUT2D eigenvalue weighted by Crippen LogP contribution is -2.45. The SMILES string of the molecule is CCC(CC)(CN=C(N)N1CCOCC1)c1ccccc1.I. The van der Waals surface area contributed by atoms with Crippen LogP contribution in [-0.2, 0) is 10.2 Å². The van der Waals surface area contributed by atoms with Gasteiger partial charge in [-0.25, -0.2) is 0 Å². The molecule has 0 unspecified atom stereocenters. The highest BCUT2D eigenvalue weighted by Gasteiger charge is 2.28. The van der Waals surface area contributed by atoms with Crippen LogP contribution in [0.4, 0.5) is 0 Å². The van der Waals surface area contributed by atoms with E-state index in [1.807, 2.05) is 0 Å². The fraction of sp³-hybridized carbons (Fsp3) is 0.588. The van der Waals surface area contributed by atoms with Crippen molar-refractivity contribution in [1.82, 2.24) is 4.90 Å². The second-order valence-corrected chi connectivity index (χ2v) is 5.63. The maximum absolute atomic E-state index is 6.16. The summed E-state index contributed by atoms with van der Waals surface area (Å²) in [6.07, 6.45) is 2.13. The zero-order valence-corrected chi connectivity index (χ0v) is 16.0. The summed E-state index contributed by atoms with van der Waals surface area (Å²) in [6, 6.07) is 10.7. The van der Waals surface area contributed by atoms with Crippen molar-refractivity contribution in [1.29, 1.82) is 0 Å². The van der Waals surface area contributed by atoms with Crippen molar-refractivity contribution in [2.75, 3.05) is 32.8 Å². The molecule has 1 aromatic carbocycles. The predicted molar refractivity (Wildman–Crippen MR) is 103 cm³/mol. The van der Waals surface area contributed by atoms with Crippen LogP contribution in [0.1, 0.15) is 32.3 Å². The maximum atomic E-state index is 6.16. The number of hydrogen-bond donors (Lipinski definition) is 1. The number of aliphatic imine (C=N–C) groups is 1. The molecule has 1 aromatic rings. The first-order valence-electron chi connectivity index (χ1n) is 7.90. The topological polar surface area (TPSA) is 50.8 Å². The molecule has 0 spiro atoms. The van der Waals surface area contributed by atoms with Crippen LogP contribution in [0, 0.1) is 0 Å². The normalized spacial score (nSPS) is 16.3. The van der Waals surface area contributed by atoms with Gasteiger partial charge in [0.1, 0.15) is 0 Å². The number of nitrogens with zero attached hydrogens (tertiary/aromatic N) is 2. The first-order chi connectivity index (χ1) is 10.2. The highest BCUT2D eigenvalue weighted by Crippen LogP contribution is 2.32. The largest absolute Gasteiger partial charge is 0.378 e. The van der Waals surface area contributed by atoms with E-state index >= 15 is 0 Å². The number of guanidine groups is 1. The summed E-state index contributed by atoms with van der Waals surface area (Å²) in [5, 5.41) is 0. The summed E-state index contributed by atoms with van der Waals surface area (Å²) < 4.78 is 5.35. The monoisotopic (exact) mass is 417 g/mol. The first-order valence-corrected chi connectivity index (χ1v) is 7.90. The minimum atomic E-state index is 0. The van der Waals surface area contributed by atoms with Crippen molar-refractivity contribution < 1.29 is 4.74 Å². The van der Waals surface area contributed by atoms with E-state index in [0.717, 1.165) is 45.7 Å². The van der Waals surface area contributed by atoms with Crippen LogP contribution in [0.3, 0.4) is 0 Å². The van der Waals surface area contributed by atoms with Crippen LogP contribution < -0.4 is 5.73 Å². The lowest BCUT2D eigenvalue weighted by atomic mass is 9.76. The van der Waals surface area contributed by atoms with Crippen molar-refractivity contribution >= 4 is 29.9 Å². The Morgan fingerprint density at radius 2 is 1.77 bits per heavy atom. The smallest absolute Gasteiger partial charge is 0.191 e. The fourth-order valence-electron chi connectivity index (χ4n) is 2.89. The molecule has 0 bridgehead atoms. The first kappa shape index (κ1) is 19.2. The molecule has 4 nitrogen and oxygen atoms in total. The second kappa shape index (κ2) is 9.35. The van der Waals surface area contributed by atoms with Crippen molar-refractivity contribution in [3.8, 4) is 0 Å². The zero-order chi connectivity index (χ0) is 15.1. The third-order valence-corrected chi connectivity index (χ3v) is 4.62. The number of rotatable bonds is 5. The van der Waals surface area contributed by atoms with Crippen molar-refractivity contribution in [2.45, 2.75) is 32.1 Å². The molecule has 0 atom stereocenters. The van der Waals surface area contributed by atoms with Crippen molar-refractivity contribution in [2.24, 2.45) is 10.7 Å². The minimum Gasteiger partial charge on any atom is -0.378 e. The van der Waals surface area contributed by atoms with Gasteiger partial charge in [0, 0.05) is 18.5 Å². The summed E-state index contributed by atoms with van der Waals surface area (Å²) in [5.74, 6) is 0.653. The van der Waals surface area contributed by atoms with E-state index < -0.39 is 0 Å². The van der Waals surface area contributed by atoms with Gasteiger partial charge >= 0.3 is 0 Å². The third-order valence-electron chi connectivity index (χ3n) is 4.62. The van der Waals surface area contributed by atoms with Crippen molar-refractivity contribution in [3.05, 3.63) is 35.9 Å². The Hall–Kier alpha value is -0.820. The average Bonchev–Trinajstić information content (AvgIpc) is 2.58. The molecule has 1 fully saturated rings. The van der Waals surface area contributed by atoms with E-state index in [-0.39, 0.29) is 29.4 Å². The molecule has 1 heterocycles. The van der Waals surface area contributed by atoms with Crippen LogP contribution in [0.5, 0.6) is 0 Å². The summed E-state index contributed by atoms with van der Waals surface area (Å²) in [4.78, 5) is 6.82. The van der Waals surface area contributed by atoms with Gasteiger partial charge in [-0.05, 0) is 18.4 Å². The molecule has 0 amide bonds. The van der Waals surface area contributed by atoms with Gasteiger partial charge < -0.3 is 15.4 Å². The van der Waals surface area contributed by atoms with Gasteiger partial charge in [-0.1, -0.05) is 44.2 Å². The molecular formula is C17H28IN3O. The van der Waals surface area contributed by atoms with Gasteiger partial charge in [-0.15, -0.1) is 24.0 Å². The molecule has 1 aliphatic heterocycles. The molecule has 2 N–H and O–H groups in total. The van der Waals surface area contributed by atoms with E-state index in [1.54, 1.807) is 0 Å². The predicted octanol–water partition coefficient (Wildman–Crippen LogP) is 3.01. The second-order valence-electron chi connectivity index (χ2n) is 5.63. The minimum absolute atomic E-state index is 0. The van der Waals surface area contributed by atoms with E-state index in [2.05, 4.69) is 49.1 Å². The molecule has 124 valence electrons. The number of nitrogens with two attached hydrogens (primary N) is 1. The Morgan fingerprint density at radius 1 is 1.18 bits per heavy atom. The summed E-state index contributed by atoms with van der Waals surface area (Å²) >= 11 is 0. The van der Waals surface area contributed by atoms with E-state index in [4.69, 9.17) is 15.5 Å². The molecule has 0 aliphatic carbocycles. The Balaban J connectivity index is 0.00000242. The Kier molecular flexibility index (Phi) is 8.17. The van der Waals surface area contributed by atoms with Crippen LogP contribution in [0.15, 0.2) is 35.3 Å². The molecular weight excluding hydrogens is 389 g/mol. The Labute approximate surface area is 151 Å². The van der Waals surface area contributed by atoms with E-state index in [0.29, 0.717) is 5.96 Å². The van der Waals surface area contributed by atoms with Crippen LogP contribution in [-0.4, -0.2) is 43.7 Å². The standard InChI is InChI=1S/C17H27N3O.HI/c1-3-17(4-2,15-8-6-5-7-9-15)14-19-16(18)20-10-12-21-13-11-20;/h5-9H,3-4,10-14H2,1-2H3,(H2,18,19);1H. The Bertz CT molecular complexity index is 454. The third kappa shape index (κ3) is 4.59. The number of halogens is 1. The van der Waals surface area contributed by atoms with Gasteiger partial charge in [0.2, 0.25) is 0 Å². The van der Waals surface area contributed by atoms with Gasteiger partial charge in [-0.3, -0.25) is 4.99 Å². The maximum Gasteiger partial charge on any atom is 0.191 e. The Morgan fingerprint density at radius 3 is 2.32 bits per heavy atom. The van der Waals surface area contributed by atoms with E-state index in [1.165, 1.54) is 5.56 Å². The number of hydrogen-bond acceptors (Lipinski definition) is 2. The molecule has 5 heteroatoms. The number of morpholine rings is 1. The number of benzene rings is 1. The van der Waals surface area contributed by atoms with Gasteiger partial charge in [0.25, 0.3) is 0 Å². The van der Waals surface area contributed by atoms with Crippen LogP contribution >= 0.6 is 24.0 Å². The highest BCUT2D eigenvalue weighted by atomic mass is 127. The molecule has 0 saturated carbocycles. The molecule has 0 radical (unpaired) electrons. The molecule has 2 rings (SSSR count). The van der Waals surface area contributed by atoms with Crippen LogP contribution in [0.2, 0.25) is 0 Å². The molecule has 22 heavy (non-hydrogen) atoms. The fourth-order valence-corrected chi connectivity index (χ4v) is 2.89. The molecule has 1 aliphatic rings. The summed E-state index contributed by atoms with van der Waals surface area (Å²) in [5.41, 5.74) is 7.60. The van der Waals surface area contributed by atoms with Gasteiger partial charge in [0.05, 0.1) is 19.8 Å². The lowest BCUT2D eigenvalue weighted by molar-refractivity contribution is 0.0673.